The molecule has 0 N–H and O–H groups in total. The van der Waals surface area contributed by atoms with E-state index >= 15 is 0 Å². The summed E-state index contributed by atoms with van der Waals surface area (Å²) in [7, 11) is 0. The average Bonchev–Trinajstić information content (AvgIpc) is 2.50. The molecule has 1 rings (SSSR count). The number of nitrogens with zero attached hydrogens (tertiary/aromatic N) is 2. The third-order valence-electron chi connectivity index (χ3n) is 1.65. The molecule has 0 amide bonds. The van der Waals surface area contributed by atoms with E-state index in [0.717, 1.165) is 43.8 Å². The minimum absolute atomic E-state index is 0.764. The van der Waals surface area contributed by atoms with Crippen molar-refractivity contribution >= 4 is 0 Å². The number of rotatable bonds is 5. The Morgan fingerprint density at radius 2 is 2.25 bits per heavy atom. The van der Waals surface area contributed by atoms with Crippen molar-refractivity contribution in [3.8, 4) is 0 Å². The minimum atomic E-state index is 0.764. The lowest BCUT2D eigenvalue weighted by Crippen LogP contribution is -1.87. The molecule has 0 fully saturated rings. The second kappa shape index (κ2) is 4.91. The first-order valence-corrected chi connectivity index (χ1v) is 4.47. The quantitative estimate of drug-likeness (QED) is 0.674. The molecule has 0 atom stereocenters. The van der Waals surface area contributed by atoms with E-state index < -0.39 is 0 Å². The van der Waals surface area contributed by atoms with Crippen LogP contribution in [0.4, 0.5) is 0 Å². The van der Waals surface area contributed by atoms with Gasteiger partial charge in [0.15, 0.2) is 5.82 Å². The molecule has 0 aromatic carbocycles. The molecule has 1 heterocycles. The van der Waals surface area contributed by atoms with Crippen molar-refractivity contribution in [2.75, 3.05) is 0 Å². The topological polar surface area (TPSA) is 38.9 Å². The highest BCUT2D eigenvalue weighted by molar-refractivity contribution is 4.86. The van der Waals surface area contributed by atoms with Crippen LogP contribution in [0.1, 0.15) is 37.9 Å². The van der Waals surface area contributed by atoms with Gasteiger partial charge < -0.3 is 4.52 Å². The lowest BCUT2D eigenvalue weighted by atomic mass is 10.2. The molecule has 0 spiro atoms. The molecule has 0 saturated heterocycles. The number of aryl methyl sites for hydroxylation is 2. The van der Waals surface area contributed by atoms with Crippen LogP contribution >= 0.6 is 0 Å². The molecule has 0 unspecified atom stereocenters. The Bertz CT molecular complexity index is 220. The van der Waals surface area contributed by atoms with Crippen LogP contribution in [0, 0.1) is 6.92 Å². The van der Waals surface area contributed by atoms with Crippen LogP contribution in [-0.4, -0.2) is 10.1 Å². The summed E-state index contributed by atoms with van der Waals surface area (Å²) in [5, 5.41) is 3.83. The summed E-state index contributed by atoms with van der Waals surface area (Å²) < 4.78 is 5.03. The normalized spacial score (nSPS) is 10.5. The van der Waals surface area contributed by atoms with Crippen LogP contribution < -0.4 is 0 Å². The zero-order valence-electron chi connectivity index (χ0n) is 7.55. The Morgan fingerprint density at radius 3 is 2.92 bits per heavy atom. The van der Waals surface area contributed by atoms with Crippen molar-refractivity contribution in [3.05, 3.63) is 18.6 Å². The zero-order valence-corrected chi connectivity index (χ0v) is 7.55. The highest BCUT2D eigenvalue weighted by atomic mass is 16.5. The lowest BCUT2D eigenvalue weighted by Gasteiger charge is -1.87. The van der Waals surface area contributed by atoms with Crippen LogP contribution in [0.2, 0.25) is 0 Å². The summed E-state index contributed by atoms with van der Waals surface area (Å²) in [5.41, 5.74) is 0. The fourth-order valence-corrected chi connectivity index (χ4v) is 0.979. The van der Waals surface area contributed by atoms with Gasteiger partial charge in [0, 0.05) is 12.8 Å². The van der Waals surface area contributed by atoms with Crippen molar-refractivity contribution < 1.29 is 4.52 Å². The molecule has 1 aromatic heterocycles. The standard InChI is InChI=1S/C9H15N2O/c1-3-5-7-9-10-8(6-4-2)11-12-9/h2-7H2,1H3. The van der Waals surface area contributed by atoms with Crippen LogP contribution in [-0.2, 0) is 12.8 Å². The van der Waals surface area contributed by atoms with E-state index in [4.69, 9.17) is 4.52 Å². The van der Waals surface area contributed by atoms with Gasteiger partial charge in [0.25, 0.3) is 0 Å². The molecule has 0 aliphatic heterocycles. The van der Waals surface area contributed by atoms with Gasteiger partial charge in [-0.15, -0.1) is 0 Å². The van der Waals surface area contributed by atoms with Crippen molar-refractivity contribution in [2.45, 2.75) is 39.0 Å². The molecule has 12 heavy (non-hydrogen) atoms. The molecule has 0 saturated carbocycles. The Labute approximate surface area is 73.2 Å². The highest BCUT2D eigenvalue weighted by Crippen LogP contribution is 2.03. The van der Waals surface area contributed by atoms with Crippen molar-refractivity contribution in [1.82, 2.24) is 10.1 Å². The summed E-state index contributed by atoms with van der Waals surface area (Å²) in [6, 6.07) is 0. The molecule has 0 bridgehead atoms. The minimum Gasteiger partial charge on any atom is -0.339 e. The number of unbranched alkanes of at least 4 members (excludes halogenated alkanes) is 1. The Balaban J connectivity index is 2.41. The van der Waals surface area contributed by atoms with Crippen LogP contribution in [0.25, 0.3) is 0 Å². The van der Waals surface area contributed by atoms with Crippen molar-refractivity contribution in [2.24, 2.45) is 0 Å². The molecule has 0 aliphatic carbocycles. The molecular weight excluding hydrogens is 152 g/mol. The SMILES string of the molecule is [CH2]CCc1noc(CCCC)n1. The molecule has 3 nitrogen and oxygen atoms in total. The van der Waals surface area contributed by atoms with Gasteiger partial charge >= 0.3 is 0 Å². The van der Waals surface area contributed by atoms with E-state index in [1.807, 2.05) is 0 Å². The summed E-state index contributed by atoms with van der Waals surface area (Å²) in [5.74, 6) is 1.55. The first-order valence-electron chi connectivity index (χ1n) is 4.47. The maximum atomic E-state index is 5.03. The van der Waals surface area contributed by atoms with Gasteiger partial charge in [0.2, 0.25) is 5.89 Å². The Hall–Kier alpha value is -0.860. The van der Waals surface area contributed by atoms with Gasteiger partial charge in [-0.2, -0.15) is 4.98 Å². The van der Waals surface area contributed by atoms with Gasteiger partial charge in [0.1, 0.15) is 0 Å². The monoisotopic (exact) mass is 167 g/mol. The molecular formula is C9H15N2O. The summed E-state index contributed by atoms with van der Waals surface area (Å²) in [6.07, 6.45) is 4.82. The van der Waals surface area contributed by atoms with Crippen LogP contribution in [0.5, 0.6) is 0 Å². The third-order valence-corrected chi connectivity index (χ3v) is 1.65. The maximum Gasteiger partial charge on any atom is 0.226 e. The maximum absolute atomic E-state index is 5.03. The largest absolute Gasteiger partial charge is 0.339 e. The third kappa shape index (κ3) is 2.64. The lowest BCUT2D eigenvalue weighted by molar-refractivity contribution is 0.370. The van der Waals surface area contributed by atoms with Gasteiger partial charge in [-0.05, 0) is 12.8 Å². The zero-order chi connectivity index (χ0) is 8.81. The second-order valence-corrected chi connectivity index (χ2v) is 2.81. The van der Waals surface area contributed by atoms with Crippen molar-refractivity contribution in [3.63, 3.8) is 0 Å². The average molecular weight is 167 g/mol. The molecule has 67 valence electrons. The Morgan fingerprint density at radius 1 is 1.42 bits per heavy atom. The number of hydrogen-bond donors (Lipinski definition) is 0. The summed E-state index contributed by atoms with van der Waals surface area (Å²) in [6.45, 7) is 5.88. The predicted molar refractivity (Wildman–Crippen MR) is 46.6 cm³/mol. The van der Waals surface area contributed by atoms with E-state index in [1.54, 1.807) is 0 Å². The fraction of sp³-hybridized carbons (Fsp3) is 0.667. The van der Waals surface area contributed by atoms with E-state index in [9.17, 15) is 0 Å². The molecule has 3 heteroatoms. The second-order valence-electron chi connectivity index (χ2n) is 2.81. The van der Waals surface area contributed by atoms with Crippen LogP contribution in [0.3, 0.4) is 0 Å². The molecule has 1 aromatic rings. The van der Waals surface area contributed by atoms with E-state index in [1.165, 1.54) is 0 Å². The van der Waals surface area contributed by atoms with Gasteiger partial charge in [-0.25, -0.2) is 0 Å². The smallest absolute Gasteiger partial charge is 0.226 e. The van der Waals surface area contributed by atoms with E-state index in [2.05, 4.69) is 24.0 Å². The van der Waals surface area contributed by atoms with Gasteiger partial charge in [0.05, 0.1) is 0 Å². The number of hydrogen-bond acceptors (Lipinski definition) is 3. The number of aromatic nitrogens is 2. The fourth-order valence-electron chi connectivity index (χ4n) is 0.979. The first kappa shape index (κ1) is 9.23. The van der Waals surface area contributed by atoms with E-state index in [0.29, 0.717) is 0 Å². The highest BCUT2D eigenvalue weighted by Gasteiger charge is 2.03. The van der Waals surface area contributed by atoms with Crippen molar-refractivity contribution in [1.29, 1.82) is 0 Å². The van der Waals surface area contributed by atoms with Gasteiger partial charge in [-0.1, -0.05) is 25.4 Å². The van der Waals surface area contributed by atoms with Crippen LogP contribution in [0.15, 0.2) is 4.52 Å². The Kier molecular flexibility index (Phi) is 3.77. The molecule has 0 aliphatic rings. The predicted octanol–water partition coefficient (Wildman–Crippen LogP) is 2.18. The first-order chi connectivity index (χ1) is 5.86. The van der Waals surface area contributed by atoms with Gasteiger partial charge in [-0.3, -0.25) is 0 Å². The summed E-state index contributed by atoms with van der Waals surface area (Å²) >= 11 is 0. The summed E-state index contributed by atoms with van der Waals surface area (Å²) in [4.78, 5) is 4.22. The molecule has 1 radical (unpaired) electrons. The van der Waals surface area contributed by atoms with E-state index in [-0.39, 0.29) is 0 Å².